The second kappa shape index (κ2) is 4.35. The van der Waals surface area contributed by atoms with E-state index in [0.29, 0.717) is 5.02 Å². The number of nitrogens with two attached hydrogens (primary N) is 1. The second-order valence-electron chi connectivity index (χ2n) is 4.65. The van der Waals surface area contributed by atoms with Gasteiger partial charge in [-0.3, -0.25) is 4.99 Å². The number of anilines is 1. The van der Waals surface area contributed by atoms with E-state index in [-0.39, 0.29) is 0 Å². The second-order valence-corrected chi connectivity index (χ2v) is 5.03. The Labute approximate surface area is 116 Å². The van der Waals surface area contributed by atoms with Crippen LogP contribution < -0.4 is 5.73 Å². The molecule has 0 spiro atoms. The normalized spacial score (nSPS) is 13.6. The summed E-state index contributed by atoms with van der Waals surface area (Å²) >= 11 is 6.52. The van der Waals surface area contributed by atoms with E-state index >= 15 is 0 Å². The Morgan fingerprint density at radius 2 is 2.21 bits per heavy atom. The third-order valence-corrected chi connectivity index (χ3v) is 3.82. The number of halogens is 1. The van der Waals surface area contributed by atoms with E-state index in [1.807, 2.05) is 20.0 Å². The van der Waals surface area contributed by atoms with Crippen LogP contribution in [0.3, 0.4) is 0 Å². The molecule has 6 heteroatoms. The Morgan fingerprint density at radius 3 is 2.89 bits per heavy atom. The molecule has 0 fully saturated rings. The van der Waals surface area contributed by atoms with Crippen LogP contribution in [0.15, 0.2) is 11.1 Å². The predicted octanol–water partition coefficient (Wildman–Crippen LogP) is 2.00. The molecular formula is C13H14ClN5. The Balaban J connectivity index is 2.30. The first-order valence-electron chi connectivity index (χ1n) is 6.07. The van der Waals surface area contributed by atoms with Crippen molar-refractivity contribution in [1.29, 1.82) is 0 Å². The zero-order valence-electron chi connectivity index (χ0n) is 10.8. The third kappa shape index (κ3) is 1.81. The number of aliphatic imine (C=N–C) groups is 1. The highest BCUT2D eigenvalue weighted by Gasteiger charge is 2.20. The van der Waals surface area contributed by atoms with E-state index in [4.69, 9.17) is 17.3 Å². The van der Waals surface area contributed by atoms with Gasteiger partial charge in [-0.05, 0) is 25.0 Å². The van der Waals surface area contributed by atoms with Crippen LogP contribution in [-0.2, 0) is 13.5 Å². The Morgan fingerprint density at radius 1 is 1.42 bits per heavy atom. The molecule has 0 saturated carbocycles. The van der Waals surface area contributed by atoms with Crippen molar-refractivity contribution in [2.45, 2.75) is 13.3 Å². The maximum atomic E-state index is 6.52. The highest BCUT2D eigenvalue weighted by Crippen LogP contribution is 2.37. The highest BCUT2D eigenvalue weighted by atomic mass is 35.5. The quantitative estimate of drug-likeness (QED) is 0.810. The van der Waals surface area contributed by atoms with Crippen LogP contribution >= 0.6 is 11.6 Å². The van der Waals surface area contributed by atoms with Crippen molar-refractivity contribution in [1.82, 2.24) is 15.0 Å². The van der Waals surface area contributed by atoms with E-state index in [1.165, 1.54) is 0 Å². The summed E-state index contributed by atoms with van der Waals surface area (Å²) in [4.78, 5) is 4.28. The van der Waals surface area contributed by atoms with E-state index in [2.05, 4.69) is 15.3 Å². The van der Waals surface area contributed by atoms with Crippen LogP contribution in [0.1, 0.15) is 16.8 Å². The monoisotopic (exact) mass is 275 g/mol. The fraction of sp³-hybridized carbons (Fsp3) is 0.308. The van der Waals surface area contributed by atoms with Crippen LogP contribution in [0.4, 0.5) is 5.69 Å². The van der Waals surface area contributed by atoms with Gasteiger partial charge in [-0.1, -0.05) is 16.8 Å². The van der Waals surface area contributed by atoms with Gasteiger partial charge in [-0.15, -0.1) is 5.10 Å². The number of hydrogen-bond acceptors (Lipinski definition) is 4. The molecule has 0 aliphatic carbocycles. The van der Waals surface area contributed by atoms with Crippen molar-refractivity contribution in [3.63, 3.8) is 0 Å². The molecule has 1 aromatic carbocycles. The number of nitrogen functional groups attached to an aromatic ring is 1. The molecule has 98 valence electrons. The number of aromatic nitrogens is 3. The van der Waals surface area contributed by atoms with Gasteiger partial charge < -0.3 is 5.73 Å². The van der Waals surface area contributed by atoms with Crippen LogP contribution in [0, 0.1) is 6.92 Å². The number of fused-ring (bicyclic) bond motifs is 1. The standard InChI is InChI=1S/C13H14ClN5/c1-7-13(19(2)18-17-7)9-5-11(15)8-3-4-16-6-10(8)12(9)14/h5-6H,3-4,15H2,1-2H3. The van der Waals surface area contributed by atoms with E-state index in [0.717, 1.165) is 46.7 Å². The van der Waals surface area contributed by atoms with Crippen LogP contribution in [-0.4, -0.2) is 27.8 Å². The molecular weight excluding hydrogens is 262 g/mol. The lowest BCUT2D eigenvalue weighted by Gasteiger charge is -2.17. The molecule has 1 aliphatic rings. The average molecular weight is 276 g/mol. The van der Waals surface area contributed by atoms with Crippen LogP contribution in [0.25, 0.3) is 11.3 Å². The molecule has 0 bridgehead atoms. The lowest BCUT2D eigenvalue weighted by molar-refractivity contribution is 0.719. The first kappa shape index (κ1) is 12.2. The van der Waals surface area contributed by atoms with Crippen molar-refractivity contribution in [3.05, 3.63) is 27.9 Å². The zero-order valence-corrected chi connectivity index (χ0v) is 11.6. The van der Waals surface area contributed by atoms with Gasteiger partial charge in [0, 0.05) is 36.6 Å². The lowest BCUT2D eigenvalue weighted by atomic mass is 9.96. The maximum absolute atomic E-state index is 6.52. The predicted molar refractivity (Wildman–Crippen MR) is 76.8 cm³/mol. The summed E-state index contributed by atoms with van der Waals surface area (Å²) in [7, 11) is 1.84. The van der Waals surface area contributed by atoms with Gasteiger partial charge in [-0.2, -0.15) is 0 Å². The average Bonchev–Trinajstić information content (AvgIpc) is 2.74. The van der Waals surface area contributed by atoms with Gasteiger partial charge >= 0.3 is 0 Å². The topological polar surface area (TPSA) is 69.1 Å². The summed E-state index contributed by atoms with van der Waals surface area (Å²) < 4.78 is 1.71. The van der Waals surface area contributed by atoms with Crippen molar-refractivity contribution in [3.8, 4) is 11.3 Å². The molecule has 2 aromatic rings. The number of rotatable bonds is 1. The van der Waals surface area contributed by atoms with Crippen molar-refractivity contribution >= 4 is 23.5 Å². The summed E-state index contributed by atoms with van der Waals surface area (Å²) in [6.45, 7) is 2.67. The minimum Gasteiger partial charge on any atom is -0.398 e. The Kier molecular flexibility index (Phi) is 2.78. The Hall–Kier alpha value is -1.88. The molecule has 2 N–H and O–H groups in total. The molecule has 0 amide bonds. The van der Waals surface area contributed by atoms with Gasteiger partial charge in [0.1, 0.15) is 0 Å². The number of benzene rings is 1. The summed E-state index contributed by atoms with van der Waals surface area (Å²) in [5.74, 6) is 0. The van der Waals surface area contributed by atoms with Gasteiger partial charge in [0.25, 0.3) is 0 Å². The van der Waals surface area contributed by atoms with Crippen LogP contribution in [0.5, 0.6) is 0 Å². The van der Waals surface area contributed by atoms with Crippen molar-refractivity contribution in [2.24, 2.45) is 12.0 Å². The van der Waals surface area contributed by atoms with Crippen LogP contribution in [0.2, 0.25) is 5.02 Å². The molecule has 3 rings (SSSR count). The molecule has 1 aliphatic heterocycles. The molecule has 0 radical (unpaired) electrons. The number of aryl methyl sites for hydroxylation is 2. The molecule has 2 heterocycles. The minimum atomic E-state index is 0.668. The summed E-state index contributed by atoms with van der Waals surface area (Å²) in [5, 5.41) is 8.73. The molecule has 1 aromatic heterocycles. The molecule has 19 heavy (non-hydrogen) atoms. The highest BCUT2D eigenvalue weighted by molar-refractivity contribution is 6.36. The molecule has 0 unspecified atom stereocenters. The van der Waals surface area contributed by atoms with E-state index < -0.39 is 0 Å². The van der Waals surface area contributed by atoms with Gasteiger partial charge in [0.05, 0.1) is 16.4 Å². The van der Waals surface area contributed by atoms with Gasteiger partial charge in [0.15, 0.2) is 0 Å². The minimum absolute atomic E-state index is 0.668. The smallest absolute Gasteiger partial charge is 0.0927 e. The molecule has 0 atom stereocenters. The fourth-order valence-corrected chi connectivity index (χ4v) is 2.79. The number of nitrogens with zero attached hydrogens (tertiary/aromatic N) is 4. The van der Waals surface area contributed by atoms with Gasteiger partial charge in [0.2, 0.25) is 0 Å². The SMILES string of the molecule is Cc1nnn(C)c1-c1cc(N)c2c(c1Cl)C=NCC2. The lowest BCUT2D eigenvalue weighted by Crippen LogP contribution is -2.09. The first-order valence-corrected chi connectivity index (χ1v) is 6.44. The van der Waals surface area contributed by atoms with Crippen molar-refractivity contribution < 1.29 is 0 Å². The van der Waals surface area contributed by atoms with E-state index in [9.17, 15) is 0 Å². The largest absolute Gasteiger partial charge is 0.398 e. The summed E-state index contributed by atoms with van der Waals surface area (Å²) in [6, 6.07) is 1.91. The Bertz CT molecular complexity index is 667. The molecule has 0 saturated heterocycles. The van der Waals surface area contributed by atoms with Gasteiger partial charge in [-0.25, -0.2) is 4.68 Å². The van der Waals surface area contributed by atoms with Crippen molar-refractivity contribution in [2.75, 3.05) is 12.3 Å². The first-order chi connectivity index (χ1) is 9.09. The fourth-order valence-electron chi connectivity index (χ4n) is 2.49. The summed E-state index contributed by atoms with van der Waals surface area (Å²) in [6.07, 6.45) is 2.64. The van der Waals surface area contributed by atoms with E-state index in [1.54, 1.807) is 10.9 Å². The third-order valence-electron chi connectivity index (χ3n) is 3.41. The maximum Gasteiger partial charge on any atom is 0.0927 e. The summed E-state index contributed by atoms with van der Waals surface area (Å²) in [5.41, 5.74) is 11.5. The number of hydrogen-bond donors (Lipinski definition) is 1. The zero-order chi connectivity index (χ0) is 13.6. The molecule has 5 nitrogen and oxygen atoms in total.